The molecule has 1 aliphatic rings. The van der Waals surface area contributed by atoms with Crippen LogP contribution in [0.4, 0.5) is 0 Å². The molecule has 3 rings (SSSR count). The van der Waals surface area contributed by atoms with Crippen molar-refractivity contribution in [1.82, 2.24) is 10.1 Å². The standard InChI is InChI=1S/C16H17N3O4S/c17-8-11-4-6-12(7-5-11)14(20)9-24(21,22)10-15-18-16(23-19-15)13-2-1-3-13/h4-7,13-14,20H,1-3,9-10H2. The molecule has 0 saturated heterocycles. The molecule has 8 heteroatoms. The average molecular weight is 347 g/mol. The third-order valence-corrected chi connectivity index (χ3v) is 5.65. The predicted molar refractivity (Wildman–Crippen MR) is 84.5 cm³/mol. The van der Waals surface area contributed by atoms with Crippen LogP contribution in [0.25, 0.3) is 0 Å². The number of benzene rings is 1. The minimum absolute atomic E-state index is 0.129. The molecule has 0 aliphatic heterocycles. The fourth-order valence-electron chi connectivity index (χ4n) is 2.52. The van der Waals surface area contributed by atoms with Crippen LogP contribution >= 0.6 is 0 Å². The van der Waals surface area contributed by atoms with E-state index < -0.39 is 21.7 Å². The van der Waals surface area contributed by atoms with Crippen LogP contribution in [0.15, 0.2) is 28.8 Å². The van der Waals surface area contributed by atoms with E-state index >= 15 is 0 Å². The molecule has 2 aromatic rings. The Bertz CT molecular complexity index is 848. The Hall–Kier alpha value is -2.24. The van der Waals surface area contributed by atoms with Gasteiger partial charge in [-0.05, 0) is 30.5 Å². The molecule has 1 N–H and O–H groups in total. The van der Waals surface area contributed by atoms with E-state index in [-0.39, 0.29) is 17.5 Å². The van der Waals surface area contributed by atoms with E-state index in [1.165, 1.54) is 12.1 Å². The molecular formula is C16H17N3O4S. The van der Waals surface area contributed by atoms with E-state index in [0.29, 0.717) is 17.0 Å². The van der Waals surface area contributed by atoms with Crippen LogP contribution in [0.2, 0.25) is 0 Å². The Labute approximate surface area is 139 Å². The number of aliphatic hydroxyl groups is 1. The highest BCUT2D eigenvalue weighted by molar-refractivity contribution is 7.90. The van der Waals surface area contributed by atoms with Gasteiger partial charge in [0, 0.05) is 5.92 Å². The summed E-state index contributed by atoms with van der Waals surface area (Å²) < 4.78 is 29.6. The number of nitriles is 1. The van der Waals surface area contributed by atoms with Gasteiger partial charge in [0.2, 0.25) is 5.89 Å². The second-order valence-electron chi connectivity index (χ2n) is 5.98. The van der Waals surface area contributed by atoms with Crippen molar-refractivity contribution in [1.29, 1.82) is 5.26 Å². The fraction of sp³-hybridized carbons (Fsp3) is 0.438. The molecular weight excluding hydrogens is 330 g/mol. The maximum atomic E-state index is 12.2. The number of nitrogens with zero attached hydrogens (tertiary/aromatic N) is 3. The van der Waals surface area contributed by atoms with Crippen molar-refractivity contribution < 1.29 is 18.0 Å². The van der Waals surface area contributed by atoms with Gasteiger partial charge in [-0.2, -0.15) is 10.2 Å². The van der Waals surface area contributed by atoms with Crippen LogP contribution in [0.1, 0.15) is 54.1 Å². The summed E-state index contributed by atoms with van der Waals surface area (Å²) in [5.74, 6) is 0.0733. The van der Waals surface area contributed by atoms with Gasteiger partial charge in [-0.25, -0.2) is 8.42 Å². The maximum Gasteiger partial charge on any atom is 0.229 e. The average Bonchev–Trinajstić information content (AvgIpc) is 2.92. The summed E-state index contributed by atoms with van der Waals surface area (Å²) in [6.07, 6.45) is 1.94. The maximum absolute atomic E-state index is 12.2. The highest BCUT2D eigenvalue weighted by Crippen LogP contribution is 2.35. The molecule has 24 heavy (non-hydrogen) atoms. The third kappa shape index (κ3) is 3.80. The Kier molecular flexibility index (Phi) is 4.64. The summed E-state index contributed by atoms with van der Waals surface area (Å²) in [5, 5.41) is 22.6. The molecule has 1 saturated carbocycles. The number of sulfone groups is 1. The first-order valence-corrected chi connectivity index (χ1v) is 9.50. The molecule has 0 bridgehead atoms. The Balaban J connectivity index is 1.64. The van der Waals surface area contributed by atoms with Gasteiger partial charge in [-0.3, -0.25) is 0 Å². The molecule has 1 aromatic heterocycles. The lowest BCUT2D eigenvalue weighted by atomic mass is 9.85. The lowest BCUT2D eigenvalue weighted by molar-refractivity contribution is 0.201. The molecule has 7 nitrogen and oxygen atoms in total. The quantitative estimate of drug-likeness (QED) is 0.847. The van der Waals surface area contributed by atoms with Crippen molar-refractivity contribution in [3.63, 3.8) is 0 Å². The molecule has 0 amide bonds. The lowest BCUT2D eigenvalue weighted by Crippen LogP contribution is -2.17. The first-order valence-electron chi connectivity index (χ1n) is 7.68. The minimum atomic E-state index is -3.60. The van der Waals surface area contributed by atoms with E-state index in [1.807, 2.05) is 6.07 Å². The van der Waals surface area contributed by atoms with Gasteiger partial charge in [0.1, 0.15) is 5.75 Å². The second-order valence-corrected chi connectivity index (χ2v) is 8.09. The summed E-state index contributed by atoms with van der Waals surface area (Å²) in [4.78, 5) is 4.15. The zero-order valence-corrected chi connectivity index (χ0v) is 13.7. The lowest BCUT2D eigenvalue weighted by Gasteiger charge is -2.20. The van der Waals surface area contributed by atoms with Gasteiger partial charge in [0.25, 0.3) is 0 Å². The topological polar surface area (TPSA) is 117 Å². The van der Waals surface area contributed by atoms with Crippen molar-refractivity contribution in [2.75, 3.05) is 5.75 Å². The van der Waals surface area contributed by atoms with Crippen molar-refractivity contribution in [2.45, 2.75) is 37.0 Å². The number of aromatic nitrogens is 2. The van der Waals surface area contributed by atoms with E-state index in [1.54, 1.807) is 12.1 Å². The zero-order chi connectivity index (χ0) is 17.2. The van der Waals surface area contributed by atoms with Crippen LogP contribution in [0.3, 0.4) is 0 Å². The zero-order valence-electron chi connectivity index (χ0n) is 12.9. The normalized spacial score (nSPS) is 16.3. The summed E-state index contributed by atoms with van der Waals surface area (Å²) in [7, 11) is -3.60. The number of aliphatic hydroxyl groups excluding tert-OH is 1. The Morgan fingerprint density at radius 2 is 2.04 bits per heavy atom. The van der Waals surface area contributed by atoms with Gasteiger partial charge in [-0.1, -0.05) is 23.7 Å². The summed E-state index contributed by atoms with van der Waals surface area (Å²) in [6, 6.07) is 8.13. The molecule has 1 heterocycles. The SMILES string of the molecule is N#Cc1ccc(C(O)CS(=O)(=O)Cc2noc(C3CCC3)n2)cc1. The number of hydrogen-bond donors (Lipinski definition) is 1. The third-order valence-electron chi connectivity index (χ3n) is 4.12. The predicted octanol–water partition coefficient (Wildman–Crippen LogP) is 1.86. The molecule has 1 aromatic carbocycles. The van der Waals surface area contributed by atoms with E-state index in [9.17, 15) is 13.5 Å². The molecule has 0 spiro atoms. The Morgan fingerprint density at radius 1 is 1.33 bits per heavy atom. The van der Waals surface area contributed by atoms with Crippen LogP contribution in [0, 0.1) is 11.3 Å². The number of rotatable bonds is 6. The van der Waals surface area contributed by atoms with E-state index in [2.05, 4.69) is 10.1 Å². The fourth-order valence-corrected chi connectivity index (χ4v) is 3.82. The van der Waals surface area contributed by atoms with Crippen molar-refractivity contribution in [3.05, 3.63) is 47.1 Å². The minimum Gasteiger partial charge on any atom is -0.387 e. The van der Waals surface area contributed by atoms with Crippen molar-refractivity contribution >= 4 is 9.84 Å². The highest BCUT2D eigenvalue weighted by atomic mass is 32.2. The summed E-state index contributed by atoms with van der Waals surface area (Å²) in [5.41, 5.74) is 0.893. The molecule has 126 valence electrons. The van der Waals surface area contributed by atoms with Crippen LogP contribution in [-0.2, 0) is 15.6 Å². The largest absolute Gasteiger partial charge is 0.387 e. The van der Waals surface area contributed by atoms with Gasteiger partial charge >= 0.3 is 0 Å². The van der Waals surface area contributed by atoms with Crippen LogP contribution in [-0.4, -0.2) is 29.4 Å². The first kappa shape index (κ1) is 16.6. The van der Waals surface area contributed by atoms with Gasteiger partial charge in [0.05, 0.1) is 23.5 Å². The van der Waals surface area contributed by atoms with Crippen molar-refractivity contribution in [2.24, 2.45) is 0 Å². The van der Waals surface area contributed by atoms with Crippen LogP contribution < -0.4 is 0 Å². The molecule has 1 atom stereocenters. The van der Waals surface area contributed by atoms with Gasteiger partial charge < -0.3 is 9.63 Å². The summed E-state index contributed by atoms with van der Waals surface area (Å²) >= 11 is 0. The van der Waals surface area contributed by atoms with Crippen LogP contribution in [0.5, 0.6) is 0 Å². The van der Waals surface area contributed by atoms with Gasteiger partial charge in [-0.15, -0.1) is 0 Å². The first-order chi connectivity index (χ1) is 11.5. The summed E-state index contributed by atoms with van der Waals surface area (Å²) in [6.45, 7) is 0. The molecule has 0 radical (unpaired) electrons. The van der Waals surface area contributed by atoms with E-state index in [0.717, 1.165) is 19.3 Å². The van der Waals surface area contributed by atoms with Crippen molar-refractivity contribution in [3.8, 4) is 6.07 Å². The number of hydrogen-bond acceptors (Lipinski definition) is 7. The molecule has 1 fully saturated rings. The molecule has 1 unspecified atom stereocenters. The van der Waals surface area contributed by atoms with E-state index in [4.69, 9.17) is 9.78 Å². The monoisotopic (exact) mass is 347 g/mol. The highest BCUT2D eigenvalue weighted by Gasteiger charge is 2.27. The molecule has 1 aliphatic carbocycles. The smallest absolute Gasteiger partial charge is 0.229 e. The van der Waals surface area contributed by atoms with Gasteiger partial charge in [0.15, 0.2) is 15.7 Å². The second kappa shape index (κ2) is 6.71. The Morgan fingerprint density at radius 3 is 2.62 bits per heavy atom.